The summed E-state index contributed by atoms with van der Waals surface area (Å²) in [5.41, 5.74) is 0. The third-order valence-electron chi connectivity index (χ3n) is 1.90. The molecule has 0 saturated heterocycles. The zero-order valence-electron chi connectivity index (χ0n) is 9.32. The van der Waals surface area contributed by atoms with E-state index < -0.39 is 34.6 Å². The standard InChI is InChI=1S/C9H16F3NO2S/c1-6(4-5-7(2)16(13)14)15-8(3)9(10,11)12/h4-8H,13H2,1-3H3/b5-4+/t6-,7?,8+,16?/m1/s1. The van der Waals surface area contributed by atoms with E-state index in [0.29, 0.717) is 0 Å². The average Bonchev–Trinajstić information content (AvgIpc) is 2.12. The summed E-state index contributed by atoms with van der Waals surface area (Å²) in [7, 11) is -1.52. The second-order valence-corrected chi connectivity index (χ2v) is 4.84. The fraction of sp³-hybridized carbons (Fsp3) is 0.778. The Hall–Kier alpha value is -0.400. The molecule has 7 heteroatoms. The molecular formula is C9H16F3NO2S. The SMILES string of the molecule is CC(/C=C/[C@@H](C)O[C@@H](C)C(F)(F)F)S(N)=O. The van der Waals surface area contributed by atoms with Crippen molar-refractivity contribution >= 4 is 11.0 Å². The highest BCUT2D eigenvalue weighted by Gasteiger charge is 2.37. The fourth-order valence-corrected chi connectivity index (χ4v) is 1.08. The number of nitrogens with two attached hydrogens (primary N) is 1. The van der Waals surface area contributed by atoms with Crippen molar-refractivity contribution in [3.05, 3.63) is 12.2 Å². The van der Waals surface area contributed by atoms with Crippen molar-refractivity contribution < 1.29 is 22.1 Å². The number of alkyl halides is 3. The van der Waals surface area contributed by atoms with Gasteiger partial charge in [-0.3, -0.25) is 5.14 Å². The Morgan fingerprint density at radius 1 is 1.25 bits per heavy atom. The van der Waals surface area contributed by atoms with Gasteiger partial charge >= 0.3 is 6.18 Å². The van der Waals surface area contributed by atoms with Crippen LogP contribution in [0.4, 0.5) is 13.2 Å². The highest BCUT2D eigenvalue weighted by Crippen LogP contribution is 2.23. The van der Waals surface area contributed by atoms with Crippen LogP contribution in [0.25, 0.3) is 0 Å². The molecule has 0 aliphatic rings. The normalized spacial score (nSPS) is 20.7. The first kappa shape index (κ1) is 15.6. The van der Waals surface area contributed by atoms with Crippen LogP contribution in [0.3, 0.4) is 0 Å². The molecule has 0 saturated carbocycles. The molecule has 0 fully saturated rings. The van der Waals surface area contributed by atoms with Crippen LogP contribution in [0, 0.1) is 0 Å². The van der Waals surface area contributed by atoms with Gasteiger partial charge in [0.25, 0.3) is 0 Å². The Morgan fingerprint density at radius 2 is 1.75 bits per heavy atom. The Labute approximate surface area is 95.4 Å². The van der Waals surface area contributed by atoms with Crippen molar-refractivity contribution in [2.75, 3.05) is 0 Å². The summed E-state index contributed by atoms with van der Waals surface area (Å²) in [6, 6.07) is 0. The zero-order chi connectivity index (χ0) is 12.9. The largest absolute Gasteiger partial charge is 0.414 e. The summed E-state index contributed by atoms with van der Waals surface area (Å²) in [5.74, 6) is 0. The van der Waals surface area contributed by atoms with Gasteiger partial charge < -0.3 is 4.74 Å². The number of hydrogen-bond acceptors (Lipinski definition) is 2. The average molecular weight is 259 g/mol. The van der Waals surface area contributed by atoms with Crippen molar-refractivity contribution in [3.63, 3.8) is 0 Å². The molecular weight excluding hydrogens is 243 g/mol. The number of rotatable bonds is 5. The second-order valence-electron chi connectivity index (χ2n) is 3.44. The molecule has 0 heterocycles. The minimum atomic E-state index is -4.37. The second kappa shape index (κ2) is 6.36. The summed E-state index contributed by atoms with van der Waals surface area (Å²) in [5, 5.41) is 4.68. The van der Waals surface area contributed by atoms with E-state index in [1.54, 1.807) is 6.92 Å². The Bertz CT molecular complexity index is 268. The van der Waals surface area contributed by atoms with Crippen LogP contribution in [0.2, 0.25) is 0 Å². The maximum absolute atomic E-state index is 12.1. The maximum atomic E-state index is 12.1. The molecule has 3 nitrogen and oxygen atoms in total. The van der Waals surface area contributed by atoms with Gasteiger partial charge in [0, 0.05) is 0 Å². The highest BCUT2D eigenvalue weighted by molar-refractivity contribution is 7.83. The minimum absolute atomic E-state index is 0.410. The van der Waals surface area contributed by atoms with Crippen molar-refractivity contribution in [1.29, 1.82) is 0 Å². The van der Waals surface area contributed by atoms with Crippen LogP contribution >= 0.6 is 0 Å². The quantitative estimate of drug-likeness (QED) is 0.767. The monoisotopic (exact) mass is 259 g/mol. The first-order chi connectivity index (χ1) is 7.14. The molecule has 4 atom stereocenters. The molecule has 0 aromatic carbocycles. The first-order valence-corrected chi connectivity index (χ1v) is 5.97. The lowest BCUT2D eigenvalue weighted by molar-refractivity contribution is -0.220. The minimum Gasteiger partial charge on any atom is -0.362 e. The molecule has 0 amide bonds. The van der Waals surface area contributed by atoms with Gasteiger partial charge in [-0.2, -0.15) is 13.2 Å². The topological polar surface area (TPSA) is 52.3 Å². The van der Waals surface area contributed by atoms with Gasteiger partial charge in [0.05, 0.1) is 22.3 Å². The predicted octanol–water partition coefficient (Wildman–Crippen LogP) is 1.91. The molecule has 0 aliphatic heterocycles. The molecule has 0 rings (SSSR count). The highest BCUT2D eigenvalue weighted by atomic mass is 32.2. The third kappa shape index (κ3) is 6.24. The molecule has 96 valence electrons. The van der Waals surface area contributed by atoms with Crippen LogP contribution in [0.15, 0.2) is 12.2 Å². The van der Waals surface area contributed by atoms with Gasteiger partial charge in [-0.25, -0.2) is 4.21 Å². The van der Waals surface area contributed by atoms with Crippen molar-refractivity contribution in [2.45, 2.75) is 44.4 Å². The van der Waals surface area contributed by atoms with E-state index in [1.807, 2.05) is 0 Å². The molecule has 0 radical (unpaired) electrons. The zero-order valence-corrected chi connectivity index (χ0v) is 10.1. The van der Waals surface area contributed by atoms with Crippen molar-refractivity contribution in [2.24, 2.45) is 5.14 Å². The van der Waals surface area contributed by atoms with E-state index in [1.165, 1.54) is 19.1 Å². The van der Waals surface area contributed by atoms with Crippen LogP contribution in [0.1, 0.15) is 20.8 Å². The lowest BCUT2D eigenvalue weighted by Gasteiger charge is -2.19. The maximum Gasteiger partial charge on any atom is 0.414 e. The van der Waals surface area contributed by atoms with Crippen LogP contribution in [-0.4, -0.2) is 27.8 Å². The molecule has 0 aliphatic carbocycles. The summed E-state index contributed by atoms with van der Waals surface area (Å²) in [6.45, 7) is 4.02. The van der Waals surface area contributed by atoms with E-state index in [9.17, 15) is 17.4 Å². The fourth-order valence-electron chi connectivity index (χ4n) is 0.835. The number of ether oxygens (including phenoxy) is 1. The van der Waals surface area contributed by atoms with Crippen LogP contribution in [0.5, 0.6) is 0 Å². The molecule has 2 N–H and O–H groups in total. The van der Waals surface area contributed by atoms with Gasteiger partial charge in [-0.05, 0) is 20.8 Å². The smallest absolute Gasteiger partial charge is 0.362 e. The lowest BCUT2D eigenvalue weighted by atomic mass is 10.3. The van der Waals surface area contributed by atoms with E-state index >= 15 is 0 Å². The molecule has 16 heavy (non-hydrogen) atoms. The van der Waals surface area contributed by atoms with Gasteiger partial charge in [-0.1, -0.05) is 12.2 Å². The number of hydrogen-bond donors (Lipinski definition) is 1. The summed E-state index contributed by atoms with van der Waals surface area (Å²) < 4.78 is 51.8. The number of halogens is 3. The Balaban J connectivity index is 4.18. The summed E-state index contributed by atoms with van der Waals surface area (Å²) in [6.07, 6.45) is -4.01. The summed E-state index contributed by atoms with van der Waals surface area (Å²) >= 11 is 0. The Morgan fingerprint density at radius 3 is 2.12 bits per heavy atom. The van der Waals surface area contributed by atoms with Gasteiger partial charge in [0.2, 0.25) is 0 Å². The third-order valence-corrected chi connectivity index (χ3v) is 2.79. The lowest BCUT2D eigenvalue weighted by Crippen LogP contribution is -2.31. The van der Waals surface area contributed by atoms with E-state index in [2.05, 4.69) is 0 Å². The van der Waals surface area contributed by atoms with Crippen molar-refractivity contribution in [1.82, 2.24) is 0 Å². The predicted molar refractivity (Wildman–Crippen MR) is 57.0 cm³/mol. The van der Waals surface area contributed by atoms with Crippen molar-refractivity contribution in [3.8, 4) is 0 Å². The first-order valence-electron chi connectivity index (χ1n) is 4.70. The van der Waals surface area contributed by atoms with E-state index in [0.717, 1.165) is 6.92 Å². The molecule has 0 aromatic heterocycles. The molecule has 0 aromatic rings. The molecule has 0 bridgehead atoms. The van der Waals surface area contributed by atoms with Gasteiger partial charge in [-0.15, -0.1) is 0 Å². The summed E-state index contributed by atoms with van der Waals surface area (Å²) in [4.78, 5) is 0. The van der Waals surface area contributed by atoms with Gasteiger partial charge in [0.15, 0.2) is 6.10 Å². The molecule has 2 unspecified atom stereocenters. The molecule has 0 spiro atoms. The Kier molecular flexibility index (Phi) is 6.20. The van der Waals surface area contributed by atoms with Crippen LogP contribution < -0.4 is 5.14 Å². The van der Waals surface area contributed by atoms with E-state index in [4.69, 9.17) is 9.88 Å². The van der Waals surface area contributed by atoms with Crippen LogP contribution in [-0.2, 0) is 15.7 Å². The van der Waals surface area contributed by atoms with Gasteiger partial charge in [0.1, 0.15) is 0 Å². The van der Waals surface area contributed by atoms with E-state index in [-0.39, 0.29) is 0 Å².